The summed E-state index contributed by atoms with van der Waals surface area (Å²) in [6.45, 7) is 0. The molecule has 94 valence electrons. The molecule has 0 spiro atoms. The maximum absolute atomic E-state index is 5.74. The van der Waals surface area contributed by atoms with Gasteiger partial charge in [-0.1, -0.05) is 30.3 Å². The molecule has 0 radical (unpaired) electrons. The summed E-state index contributed by atoms with van der Waals surface area (Å²) in [5, 5.41) is 1.02. The van der Waals surface area contributed by atoms with Crippen LogP contribution >= 0.6 is 12.2 Å². The second-order valence-corrected chi connectivity index (χ2v) is 4.89. The van der Waals surface area contributed by atoms with Crippen molar-refractivity contribution >= 4 is 28.9 Å². The molecule has 0 saturated heterocycles. The van der Waals surface area contributed by atoms with Crippen LogP contribution in [0.2, 0.25) is 0 Å². The second-order valence-electron chi connectivity index (χ2n) is 4.52. The van der Waals surface area contributed by atoms with E-state index in [-0.39, 0.29) is 0 Å². The molecule has 1 heterocycles. The topological polar surface area (TPSA) is 39.2 Å². The molecule has 2 aromatic carbocycles. The van der Waals surface area contributed by atoms with E-state index in [2.05, 4.69) is 18.2 Å². The van der Waals surface area contributed by atoms with Crippen LogP contribution in [0.1, 0.15) is 11.1 Å². The van der Waals surface area contributed by atoms with Crippen LogP contribution in [0.15, 0.2) is 59.0 Å². The highest BCUT2D eigenvalue weighted by atomic mass is 32.1. The molecule has 2 N–H and O–H groups in total. The number of hydrogen-bond acceptors (Lipinski definition) is 3. The van der Waals surface area contributed by atoms with Crippen molar-refractivity contribution in [1.82, 2.24) is 0 Å². The van der Waals surface area contributed by atoms with Crippen molar-refractivity contribution in [3.05, 3.63) is 70.4 Å². The standard InChI is InChI=1S/C16H13NOS/c17-14-7-6-12-9-13(16(19)18-15(12)10-14)8-11-4-2-1-3-5-11/h1-7,9-10H,8,17H2. The molecule has 0 bridgehead atoms. The normalized spacial score (nSPS) is 10.7. The monoisotopic (exact) mass is 267 g/mol. The number of nitrogens with two attached hydrogens (primary N) is 1. The largest absolute Gasteiger partial charge is 0.445 e. The zero-order valence-corrected chi connectivity index (χ0v) is 11.1. The smallest absolute Gasteiger partial charge is 0.194 e. The summed E-state index contributed by atoms with van der Waals surface area (Å²) in [6, 6.07) is 17.9. The number of benzene rings is 2. The molecule has 2 nitrogen and oxygen atoms in total. The first kappa shape index (κ1) is 11.9. The predicted molar refractivity (Wildman–Crippen MR) is 80.7 cm³/mol. The number of rotatable bonds is 2. The number of hydrogen-bond donors (Lipinski definition) is 1. The summed E-state index contributed by atoms with van der Waals surface area (Å²) in [4.78, 5) is 0. The van der Waals surface area contributed by atoms with Gasteiger partial charge >= 0.3 is 0 Å². The predicted octanol–water partition coefficient (Wildman–Crippen LogP) is 4.34. The van der Waals surface area contributed by atoms with Gasteiger partial charge in [0, 0.05) is 29.1 Å². The van der Waals surface area contributed by atoms with Crippen LogP contribution in [0, 0.1) is 4.71 Å². The maximum atomic E-state index is 5.74. The van der Waals surface area contributed by atoms with E-state index in [1.807, 2.05) is 30.3 Å². The third-order valence-corrected chi connectivity index (χ3v) is 3.42. The van der Waals surface area contributed by atoms with Gasteiger partial charge in [0.15, 0.2) is 4.71 Å². The molecular weight excluding hydrogens is 254 g/mol. The minimum Gasteiger partial charge on any atom is -0.445 e. The van der Waals surface area contributed by atoms with Crippen LogP contribution in [-0.4, -0.2) is 0 Å². The molecule has 0 unspecified atom stereocenters. The quantitative estimate of drug-likeness (QED) is 0.554. The molecule has 3 aromatic rings. The molecule has 19 heavy (non-hydrogen) atoms. The van der Waals surface area contributed by atoms with Crippen LogP contribution in [-0.2, 0) is 6.42 Å². The average Bonchev–Trinajstić information content (AvgIpc) is 2.41. The Bertz CT molecular complexity index is 778. The van der Waals surface area contributed by atoms with Crippen molar-refractivity contribution in [2.24, 2.45) is 0 Å². The molecule has 0 aliphatic rings. The Morgan fingerprint density at radius 2 is 1.79 bits per heavy atom. The van der Waals surface area contributed by atoms with Crippen LogP contribution in [0.3, 0.4) is 0 Å². The Labute approximate surface area is 116 Å². The van der Waals surface area contributed by atoms with Crippen LogP contribution in [0.5, 0.6) is 0 Å². The van der Waals surface area contributed by atoms with Gasteiger partial charge in [0.2, 0.25) is 0 Å². The molecule has 3 heteroatoms. The lowest BCUT2D eigenvalue weighted by Gasteiger charge is -2.04. The molecule has 0 saturated carbocycles. The van der Waals surface area contributed by atoms with Gasteiger partial charge in [-0.3, -0.25) is 0 Å². The number of nitrogen functional groups attached to an aromatic ring is 1. The molecular formula is C16H13NOS. The maximum Gasteiger partial charge on any atom is 0.194 e. The Morgan fingerprint density at radius 3 is 2.58 bits per heavy atom. The highest BCUT2D eigenvalue weighted by Gasteiger charge is 2.04. The molecule has 1 aromatic heterocycles. The van der Waals surface area contributed by atoms with Gasteiger partial charge < -0.3 is 10.2 Å². The van der Waals surface area contributed by atoms with E-state index in [1.54, 1.807) is 6.07 Å². The average molecular weight is 267 g/mol. The lowest BCUT2D eigenvalue weighted by molar-refractivity contribution is 0.579. The number of fused-ring (bicyclic) bond motifs is 1. The zero-order chi connectivity index (χ0) is 13.2. The first-order chi connectivity index (χ1) is 9.22. The fourth-order valence-corrected chi connectivity index (χ4v) is 2.33. The Kier molecular flexibility index (Phi) is 3.05. The van der Waals surface area contributed by atoms with Crippen molar-refractivity contribution in [1.29, 1.82) is 0 Å². The van der Waals surface area contributed by atoms with Crippen molar-refractivity contribution in [3.63, 3.8) is 0 Å². The summed E-state index contributed by atoms with van der Waals surface area (Å²) < 4.78 is 6.21. The van der Waals surface area contributed by atoms with Crippen LogP contribution in [0.4, 0.5) is 5.69 Å². The molecule has 0 atom stereocenters. The minimum absolute atomic E-state index is 0.530. The van der Waals surface area contributed by atoms with Crippen LogP contribution in [0.25, 0.3) is 11.0 Å². The van der Waals surface area contributed by atoms with E-state index in [0.717, 1.165) is 23.0 Å². The van der Waals surface area contributed by atoms with E-state index >= 15 is 0 Å². The Morgan fingerprint density at radius 1 is 1.00 bits per heavy atom. The first-order valence-electron chi connectivity index (χ1n) is 6.08. The van der Waals surface area contributed by atoms with E-state index in [1.165, 1.54) is 5.56 Å². The summed E-state index contributed by atoms with van der Waals surface area (Å²) in [6.07, 6.45) is 0.781. The van der Waals surface area contributed by atoms with Gasteiger partial charge in [0.1, 0.15) is 5.58 Å². The van der Waals surface area contributed by atoms with E-state index in [4.69, 9.17) is 22.4 Å². The SMILES string of the molecule is Nc1ccc2cc(Cc3ccccc3)c(=S)oc2c1. The summed E-state index contributed by atoms with van der Waals surface area (Å²) in [5.74, 6) is 0. The minimum atomic E-state index is 0.530. The lowest BCUT2D eigenvalue weighted by Crippen LogP contribution is -1.90. The molecule has 3 rings (SSSR count). The fraction of sp³-hybridized carbons (Fsp3) is 0.0625. The van der Waals surface area contributed by atoms with E-state index in [9.17, 15) is 0 Å². The van der Waals surface area contributed by atoms with Crippen molar-refractivity contribution in [2.75, 3.05) is 5.73 Å². The Balaban J connectivity index is 2.07. The fourth-order valence-electron chi connectivity index (χ4n) is 2.11. The van der Waals surface area contributed by atoms with Gasteiger partial charge in [-0.05, 0) is 36.0 Å². The highest BCUT2D eigenvalue weighted by molar-refractivity contribution is 7.71. The Hall–Kier alpha value is -2.13. The van der Waals surface area contributed by atoms with Crippen molar-refractivity contribution in [2.45, 2.75) is 6.42 Å². The molecule has 0 amide bonds. The molecule has 0 aliphatic carbocycles. The van der Waals surface area contributed by atoms with Crippen LogP contribution < -0.4 is 5.73 Å². The first-order valence-corrected chi connectivity index (χ1v) is 6.49. The van der Waals surface area contributed by atoms with Gasteiger partial charge in [-0.25, -0.2) is 0 Å². The highest BCUT2D eigenvalue weighted by Crippen LogP contribution is 2.22. The molecule has 0 aliphatic heterocycles. The summed E-state index contributed by atoms with van der Waals surface area (Å²) in [7, 11) is 0. The van der Waals surface area contributed by atoms with Gasteiger partial charge in [-0.2, -0.15) is 0 Å². The second kappa shape index (κ2) is 4.86. The van der Waals surface area contributed by atoms with Gasteiger partial charge in [-0.15, -0.1) is 0 Å². The van der Waals surface area contributed by atoms with Crippen molar-refractivity contribution in [3.8, 4) is 0 Å². The third kappa shape index (κ3) is 2.51. The van der Waals surface area contributed by atoms with Gasteiger partial charge in [0.25, 0.3) is 0 Å². The lowest BCUT2D eigenvalue weighted by atomic mass is 10.1. The van der Waals surface area contributed by atoms with Gasteiger partial charge in [0.05, 0.1) is 0 Å². The summed E-state index contributed by atoms with van der Waals surface area (Å²) in [5.41, 5.74) is 9.41. The number of anilines is 1. The van der Waals surface area contributed by atoms with E-state index in [0.29, 0.717) is 10.4 Å². The van der Waals surface area contributed by atoms with Crippen molar-refractivity contribution < 1.29 is 4.42 Å². The third-order valence-electron chi connectivity index (χ3n) is 3.07. The zero-order valence-electron chi connectivity index (χ0n) is 10.3. The summed E-state index contributed by atoms with van der Waals surface area (Å²) >= 11 is 5.31. The molecule has 0 fully saturated rings. The van der Waals surface area contributed by atoms with E-state index < -0.39 is 0 Å².